The first-order valence-corrected chi connectivity index (χ1v) is 7.31. The van der Waals surface area contributed by atoms with Gasteiger partial charge in [0.2, 0.25) is 0 Å². The van der Waals surface area contributed by atoms with Crippen molar-refractivity contribution in [3.63, 3.8) is 0 Å². The van der Waals surface area contributed by atoms with Crippen LogP contribution in [0.2, 0.25) is 0 Å². The molecule has 0 saturated heterocycles. The minimum Gasteiger partial charge on any atom is -0.314 e. The van der Waals surface area contributed by atoms with Crippen molar-refractivity contribution in [1.82, 2.24) is 14.7 Å². The second kappa shape index (κ2) is 6.45. The molecule has 3 nitrogen and oxygen atoms in total. The van der Waals surface area contributed by atoms with Gasteiger partial charge < -0.3 is 5.32 Å². The van der Waals surface area contributed by atoms with Crippen LogP contribution in [0.25, 0.3) is 0 Å². The van der Waals surface area contributed by atoms with Gasteiger partial charge in [0.05, 0.1) is 0 Å². The summed E-state index contributed by atoms with van der Waals surface area (Å²) in [6.07, 6.45) is 3.43. The van der Waals surface area contributed by atoms with E-state index in [4.69, 9.17) is 0 Å². The van der Waals surface area contributed by atoms with Crippen LogP contribution in [0.3, 0.4) is 0 Å². The van der Waals surface area contributed by atoms with Crippen LogP contribution in [0.15, 0.2) is 0 Å². The molecule has 1 atom stereocenters. The van der Waals surface area contributed by atoms with Crippen LogP contribution in [0.4, 0.5) is 0 Å². The Hall–Kier alpha value is -0.480. The molecule has 1 unspecified atom stereocenters. The van der Waals surface area contributed by atoms with E-state index in [0.717, 1.165) is 23.8 Å². The molecule has 0 aliphatic heterocycles. The van der Waals surface area contributed by atoms with E-state index in [0.29, 0.717) is 6.04 Å². The van der Waals surface area contributed by atoms with Gasteiger partial charge in [-0.3, -0.25) is 0 Å². The van der Waals surface area contributed by atoms with Gasteiger partial charge in [-0.25, -0.2) is 4.98 Å². The first-order chi connectivity index (χ1) is 7.97. The smallest absolute Gasteiger partial charge is 0.147 e. The maximum atomic E-state index is 4.65. The Labute approximate surface area is 109 Å². The van der Waals surface area contributed by atoms with Gasteiger partial charge in [0.25, 0.3) is 0 Å². The quantitative estimate of drug-likeness (QED) is 0.848. The Morgan fingerprint density at radius 3 is 2.47 bits per heavy atom. The molecule has 1 heterocycles. The topological polar surface area (TPSA) is 37.8 Å². The highest BCUT2D eigenvalue weighted by atomic mass is 32.1. The largest absolute Gasteiger partial charge is 0.314 e. The molecule has 0 aliphatic carbocycles. The predicted molar refractivity (Wildman–Crippen MR) is 74.7 cm³/mol. The normalized spacial score (nSPS) is 13.9. The third kappa shape index (κ3) is 4.72. The summed E-state index contributed by atoms with van der Waals surface area (Å²) in [4.78, 5) is 4.65. The minimum atomic E-state index is 0.0627. The number of nitrogens with one attached hydrogen (secondary N) is 1. The first-order valence-electron chi connectivity index (χ1n) is 6.53. The van der Waals surface area contributed by atoms with E-state index in [1.165, 1.54) is 12.8 Å². The molecule has 0 saturated carbocycles. The summed E-state index contributed by atoms with van der Waals surface area (Å²) < 4.78 is 4.46. The monoisotopic (exact) mass is 255 g/mol. The predicted octanol–water partition coefficient (Wildman–Crippen LogP) is 3.16. The molecule has 1 rings (SSSR count). The Balaban J connectivity index is 2.63. The summed E-state index contributed by atoms with van der Waals surface area (Å²) >= 11 is 1.56. The van der Waals surface area contributed by atoms with Crippen LogP contribution in [0.1, 0.15) is 58.3 Å². The number of aromatic nitrogens is 2. The highest BCUT2D eigenvalue weighted by molar-refractivity contribution is 7.05. The number of likely N-dealkylation sites (N-methyl/N-ethyl adjacent to an activating group) is 1. The van der Waals surface area contributed by atoms with Crippen molar-refractivity contribution < 1.29 is 0 Å². The van der Waals surface area contributed by atoms with Gasteiger partial charge in [0.1, 0.15) is 10.8 Å². The lowest BCUT2D eigenvalue weighted by Crippen LogP contribution is -2.30. The number of hydrogen-bond donors (Lipinski definition) is 1. The van der Waals surface area contributed by atoms with E-state index < -0.39 is 0 Å². The average molecular weight is 255 g/mol. The molecule has 0 radical (unpaired) electrons. The Morgan fingerprint density at radius 1 is 1.29 bits per heavy atom. The number of nitrogens with zero attached hydrogens (tertiary/aromatic N) is 2. The molecule has 4 heteroatoms. The lowest BCUT2D eigenvalue weighted by atomic mass is 9.96. The standard InChI is InChI=1S/C13H25N3S/c1-6-8-10(14-7-2)9-11-15-12(16-17-11)13(3,4)5/h10,14H,6-9H2,1-5H3. The van der Waals surface area contributed by atoms with Crippen LogP contribution in [0.5, 0.6) is 0 Å². The molecule has 0 spiro atoms. The third-order valence-corrected chi connectivity index (χ3v) is 3.42. The molecule has 1 N–H and O–H groups in total. The molecular formula is C13H25N3S. The zero-order valence-corrected chi connectivity index (χ0v) is 12.5. The summed E-state index contributed by atoms with van der Waals surface area (Å²) in [5, 5.41) is 4.68. The van der Waals surface area contributed by atoms with E-state index >= 15 is 0 Å². The van der Waals surface area contributed by atoms with E-state index in [1.54, 1.807) is 11.5 Å². The van der Waals surface area contributed by atoms with Crippen molar-refractivity contribution in [2.24, 2.45) is 0 Å². The summed E-state index contributed by atoms with van der Waals surface area (Å²) in [7, 11) is 0. The number of hydrogen-bond acceptors (Lipinski definition) is 4. The Kier molecular flexibility index (Phi) is 5.53. The SMILES string of the molecule is CCCC(Cc1nc(C(C)(C)C)ns1)NCC. The molecule has 0 bridgehead atoms. The second-order valence-electron chi connectivity index (χ2n) is 5.51. The molecule has 0 amide bonds. The summed E-state index contributed by atoms with van der Waals surface area (Å²) in [5.74, 6) is 0.976. The lowest BCUT2D eigenvalue weighted by molar-refractivity contribution is 0.482. The second-order valence-corrected chi connectivity index (χ2v) is 6.35. The summed E-state index contributed by atoms with van der Waals surface area (Å²) in [5.41, 5.74) is 0.0627. The zero-order valence-electron chi connectivity index (χ0n) is 11.7. The Morgan fingerprint density at radius 2 is 2.00 bits per heavy atom. The van der Waals surface area contributed by atoms with Crippen LogP contribution >= 0.6 is 11.5 Å². The van der Waals surface area contributed by atoms with Crippen molar-refractivity contribution in [1.29, 1.82) is 0 Å². The molecule has 0 aliphatic rings. The van der Waals surface area contributed by atoms with Crippen molar-refractivity contribution in [3.05, 3.63) is 10.8 Å². The summed E-state index contributed by atoms with van der Waals surface area (Å²) in [6.45, 7) is 11.9. The van der Waals surface area contributed by atoms with E-state index in [1.807, 2.05) is 0 Å². The average Bonchev–Trinajstić information content (AvgIpc) is 2.66. The third-order valence-electron chi connectivity index (χ3n) is 2.69. The van der Waals surface area contributed by atoms with E-state index in [2.05, 4.69) is 49.3 Å². The van der Waals surface area contributed by atoms with Crippen LogP contribution < -0.4 is 5.32 Å². The van der Waals surface area contributed by atoms with Crippen LogP contribution in [-0.4, -0.2) is 21.9 Å². The van der Waals surface area contributed by atoms with Gasteiger partial charge in [0, 0.05) is 17.9 Å². The maximum Gasteiger partial charge on any atom is 0.147 e. The van der Waals surface area contributed by atoms with Crippen LogP contribution in [0, 0.1) is 0 Å². The van der Waals surface area contributed by atoms with Crippen LogP contribution in [-0.2, 0) is 11.8 Å². The molecule has 1 aromatic heterocycles. The molecule has 17 heavy (non-hydrogen) atoms. The molecule has 1 aromatic rings. The Bertz CT molecular complexity index is 322. The fourth-order valence-electron chi connectivity index (χ4n) is 1.77. The van der Waals surface area contributed by atoms with Gasteiger partial charge in [0.15, 0.2) is 0 Å². The maximum absolute atomic E-state index is 4.65. The van der Waals surface area contributed by atoms with Gasteiger partial charge in [-0.1, -0.05) is 41.0 Å². The van der Waals surface area contributed by atoms with Crippen molar-refractivity contribution >= 4 is 11.5 Å². The van der Waals surface area contributed by atoms with Gasteiger partial charge in [-0.15, -0.1) is 0 Å². The molecule has 0 aromatic carbocycles. The first kappa shape index (κ1) is 14.6. The highest BCUT2D eigenvalue weighted by Gasteiger charge is 2.20. The number of rotatable bonds is 6. The molecular weight excluding hydrogens is 230 g/mol. The van der Waals surface area contributed by atoms with Gasteiger partial charge >= 0.3 is 0 Å². The van der Waals surface area contributed by atoms with Gasteiger partial charge in [-0.2, -0.15) is 4.37 Å². The van der Waals surface area contributed by atoms with E-state index in [9.17, 15) is 0 Å². The zero-order chi connectivity index (χ0) is 12.9. The summed E-state index contributed by atoms with van der Waals surface area (Å²) in [6, 6.07) is 0.547. The van der Waals surface area contributed by atoms with Crippen molar-refractivity contribution in [2.75, 3.05) is 6.54 Å². The fourth-order valence-corrected chi connectivity index (χ4v) is 2.68. The molecule has 0 fully saturated rings. The molecule has 98 valence electrons. The van der Waals surface area contributed by atoms with E-state index in [-0.39, 0.29) is 5.41 Å². The lowest BCUT2D eigenvalue weighted by Gasteiger charge is -2.15. The highest BCUT2D eigenvalue weighted by Crippen LogP contribution is 2.21. The minimum absolute atomic E-state index is 0.0627. The van der Waals surface area contributed by atoms with Crippen molar-refractivity contribution in [2.45, 2.75) is 65.3 Å². The van der Waals surface area contributed by atoms with Gasteiger partial charge in [-0.05, 0) is 24.5 Å². The fraction of sp³-hybridized carbons (Fsp3) is 0.846. The van der Waals surface area contributed by atoms with Crippen molar-refractivity contribution in [3.8, 4) is 0 Å².